The number of halogens is 1. The molecule has 2 heterocycles. The normalized spacial score (nSPS) is 19.2. The van der Waals surface area contributed by atoms with Crippen molar-refractivity contribution in [2.45, 2.75) is 25.7 Å². The zero-order chi connectivity index (χ0) is 14.5. The van der Waals surface area contributed by atoms with Crippen LogP contribution in [0.15, 0.2) is 36.7 Å². The molecule has 3 nitrogen and oxygen atoms in total. The molecule has 1 fully saturated rings. The van der Waals surface area contributed by atoms with Crippen LogP contribution in [0, 0.1) is 11.7 Å². The highest BCUT2D eigenvalue weighted by molar-refractivity contribution is 5.58. The Kier molecular flexibility index (Phi) is 4.55. The second-order valence-corrected chi connectivity index (χ2v) is 5.62. The summed E-state index contributed by atoms with van der Waals surface area (Å²) in [4.78, 5) is 8.85. The molecule has 0 amide bonds. The van der Waals surface area contributed by atoms with Gasteiger partial charge < -0.3 is 5.32 Å². The first-order chi connectivity index (χ1) is 10.3. The monoisotopic (exact) mass is 285 g/mol. The lowest BCUT2D eigenvalue weighted by molar-refractivity contribution is 0.464. The van der Waals surface area contributed by atoms with E-state index in [1.54, 1.807) is 24.5 Å². The number of hydrogen-bond acceptors (Lipinski definition) is 3. The summed E-state index contributed by atoms with van der Waals surface area (Å²) < 4.78 is 13.7. The zero-order valence-corrected chi connectivity index (χ0v) is 12.1. The summed E-state index contributed by atoms with van der Waals surface area (Å²) in [5.74, 6) is 0.419. The van der Waals surface area contributed by atoms with Crippen LogP contribution in [0.5, 0.6) is 0 Å². The SMILES string of the molecule is Fc1ccccc1-c1cnc(CC2CCCNCC2)cn1. The highest BCUT2D eigenvalue weighted by Crippen LogP contribution is 2.21. The van der Waals surface area contributed by atoms with E-state index in [2.05, 4.69) is 15.3 Å². The standard InChI is InChI=1S/C17H20FN3/c18-16-6-2-1-5-15(16)17-12-20-14(11-21-17)10-13-4-3-8-19-9-7-13/h1-2,5-6,11-13,19H,3-4,7-10H2. The third-order valence-electron chi connectivity index (χ3n) is 4.05. The lowest BCUT2D eigenvalue weighted by Crippen LogP contribution is -2.14. The molecule has 0 bridgehead atoms. The minimum absolute atomic E-state index is 0.255. The third-order valence-corrected chi connectivity index (χ3v) is 4.05. The molecule has 3 rings (SSSR count). The third kappa shape index (κ3) is 3.64. The molecule has 4 heteroatoms. The van der Waals surface area contributed by atoms with Crippen molar-refractivity contribution in [2.24, 2.45) is 5.92 Å². The van der Waals surface area contributed by atoms with Crippen molar-refractivity contribution in [1.82, 2.24) is 15.3 Å². The van der Waals surface area contributed by atoms with E-state index in [9.17, 15) is 4.39 Å². The number of nitrogens with zero attached hydrogens (tertiary/aromatic N) is 2. The van der Waals surface area contributed by atoms with Gasteiger partial charge in [-0.3, -0.25) is 9.97 Å². The van der Waals surface area contributed by atoms with Gasteiger partial charge in [-0.15, -0.1) is 0 Å². The van der Waals surface area contributed by atoms with E-state index >= 15 is 0 Å². The van der Waals surface area contributed by atoms with Crippen LogP contribution in [0.4, 0.5) is 4.39 Å². The molecule has 21 heavy (non-hydrogen) atoms. The largest absolute Gasteiger partial charge is 0.317 e. The van der Waals surface area contributed by atoms with E-state index in [-0.39, 0.29) is 5.82 Å². The van der Waals surface area contributed by atoms with Gasteiger partial charge in [0.25, 0.3) is 0 Å². The van der Waals surface area contributed by atoms with E-state index in [1.165, 1.54) is 25.3 Å². The summed E-state index contributed by atoms with van der Waals surface area (Å²) in [6, 6.07) is 6.67. The molecule has 0 spiro atoms. The van der Waals surface area contributed by atoms with Crippen molar-refractivity contribution < 1.29 is 4.39 Å². The zero-order valence-electron chi connectivity index (χ0n) is 12.1. The van der Waals surface area contributed by atoms with Gasteiger partial charge in [-0.25, -0.2) is 4.39 Å². The maximum Gasteiger partial charge on any atom is 0.132 e. The van der Waals surface area contributed by atoms with Crippen LogP contribution in [-0.4, -0.2) is 23.1 Å². The molecular weight excluding hydrogens is 265 g/mol. The fourth-order valence-electron chi connectivity index (χ4n) is 2.86. The van der Waals surface area contributed by atoms with Gasteiger partial charge in [0.1, 0.15) is 5.82 Å². The van der Waals surface area contributed by atoms with E-state index in [4.69, 9.17) is 0 Å². The van der Waals surface area contributed by atoms with E-state index in [0.29, 0.717) is 17.2 Å². The van der Waals surface area contributed by atoms with Gasteiger partial charge in [0.2, 0.25) is 0 Å². The van der Waals surface area contributed by atoms with Crippen molar-refractivity contribution in [3.8, 4) is 11.3 Å². The van der Waals surface area contributed by atoms with Crippen molar-refractivity contribution in [3.05, 3.63) is 48.2 Å². The lowest BCUT2D eigenvalue weighted by Gasteiger charge is -2.12. The first-order valence-corrected chi connectivity index (χ1v) is 7.59. The topological polar surface area (TPSA) is 37.8 Å². The molecular formula is C17H20FN3. The summed E-state index contributed by atoms with van der Waals surface area (Å²) >= 11 is 0. The minimum atomic E-state index is -0.255. The van der Waals surface area contributed by atoms with Crippen molar-refractivity contribution in [3.63, 3.8) is 0 Å². The molecule has 110 valence electrons. The smallest absolute Gasteiger partial charge is 0.132 e. The number of hydrogen-bond donors (Lipinski definition) is 1. The average Bonchev–Trinajstić information content (AvgIpc) is 2.77. The molecule has 1 aromatic carbocycles. The molecule has 1 aromatic heterocycles. The lowest BCUT2D eigenvalue weighted by atomic mass is 9.95. The Balaban J connectivity index is 1.70. The van der Waals surface area contributed by atoms with Crippen molar-refractivity contribution in [2.75, 3.05) is 13.1 Å². The van der Waals surface area contributed by atoms with Crippen LogP contribution in [0.3, 0.4) is 0 Å². The first kappa shape index (κ1) is 14.1. The molecule has 1 saturated heterocycles. The predicted molar refractivity (Wildman–Crippen MR) is 81.3 cm³/mol. The molecule has 1 atom stereocenters. The maximum absolute atomic E-state index is 13.7. The van der Waals surface area contributed by atoms with E-state index in [1.807, 2.05) is 6.07 Å². The van der Waals surface area contributed by atoms with Crippen molar-refractivity contribution >= 4 is 0 Å². The molecule has 0 aliphatic carbocycles. The first-order valence-electron chi connectivity index (χ1n) is 7.59. The van der Waals surface area contributed by atoms with Crippen LogP contribution in [0.2, 0.25) is 0 Å². The van der Waals surface area contributed by atoms with Crippen LogP contribution >= 0.6 is 0 Å². The van der Waals surface area contributed by atoms with E-state index in [0.717, 1.165) is 25.2 Å². The summed E-state index contributed by atoms with van der Waals surface area (Å²) in [5, 5.41) is 3.42. The molecule has 1 aliphatic rings. The van der Waals surface area contributed by atoms with Gasteiger partial charge in [0.05, 0.1) is 17.6 Å². The van der Waals surface area contributed by atoms with Crippen molar-refractivity contribution in [1.29, 1.82) is 0 Å². The Bertz CT molecular complexity index is 575. The molecule has 1 aliphatic heterocycles. The van der Waals surface area contributed by atoms with Crippen LogP contribution < -0.4 is 5.32 Å². The summed E-state index contributed by atoms with van der Waals surface area (Å²) in [5.41, 5.74) is 2.11. The van der Waals surface area contributed by atoms with Gasteiger partial charge in [-0.05, 0) is 56.8 Å². The highest BCUT2D eigenvalue weighted by Gasteiger charge is 2.14. The fraction of sp³-hybridized carbons (Fsp3) is 0.412. The minimum Gasteiger partial charge on any atom is -0.317 e. The van der Waals surface area contributed by atoms with Gasteiger partial charge in [0.15, 0.2) is 0 Å². The highest BCUT2D eigenvalue weighted by atomic mass is 19.1. The number of benzene rings is 1. The maximum atomic E-state index is 13.7. The molecule has 1 N–H and O–H groups in total. The molecule has 0 radical (unpaired) electrons. The Labute approximate surface area is 124 Å². The summed E-state index contributed by atoms with van der Waals surface area (Å²) in [6.07, 6.45) is 8.10. The van der Waals surface area contributed by atoms with Gasteiger partial charge in [-0.2, -0.15) is 0 Å². The van der Waals surface area contributed by atoms with Crippen LogP contribution in [0.1, 0.15) is 25.0 Å². The predicted octanol–water partition coefficient (Wildman–Crippen LogP) is 3.21. The second kappa shape index (κ2) is 6.76. The second-order valence-electron chi connectivity index (χ2n) is 5.62. The number of rotatable bonds is 3. The number of aromatic nitrogens is 2. The molecule has 1 unspecified atom stereocenters. The Morgan fingerprint density at radius 1 is 1.10 bits per heavy atom. The Morgan fingerprint density at radius 3 is 2.81 bits per heavy atom. The average molecular weight is 285 g/mol. The Morgan fingerprint density at radius 2 is 2.00 bits per heavy atom. The van der Waals surface area contributed by atoms with Gasteiger partial charge in [0, 0.05) is 11.8 Å². The van der Waals surface area contributed by atoms with Crippen LogP contribution in [-0.2, 0) is 6.42 Å². The van der Waals surface area contributed by atoms with Gasteiger partial charge in [-0.1, -0.05) is 12.1 Å². The van der Waals surface area contributed by atoms with Crippen LogP contribution in [0.25, 0.3) is 11.3 Å². The summed E-state index contributed by atoms with van der Waals surface area (Å²) in [7, 11) is 0. The number of nitrogens with one attached hydrogen (secondary N) is 1. The van der Waals surface area contributed by atoms with Gasteiger partial charge >= 0.3 is 0 Å². The quantitative estimate of drug-likeness (QED) is 0.941. The fourth-order valence-corrected chi connectivity index (χ4v) is 2.86. The molecule has 0 saturated carbocycles. The van der Waals surface area contributed by atoms with E-state index < -0.39 is 0 Å². The molecule has 2 aromatic rings. The summed E-state index contributed by atoms with van der Waals surface area (Å²) in [6.45, 7) is 2.21. The Hall–Kier alpha value is -1.81.